The molecule has 1 aromatic carbocycles. The fourth-order valence-corrected chi connectivity index (χ4v) is 4.28. The Morgan fingerprint density at radius 1 is 1.43 bits per heavy atom. The number of allylic oxidation sites excluding steroid dienone is 1. The van der Waals surface area contributed by atoms with Crippen LogP contribution in [0.2, 0.25) is 0 Å². The maximum atomic E-state index is 12.6. The number of rotatable bonds is 7. The lowest BCUT2D eigenvalue weighted by Gasteiger charge is -2.16. The minimum atomic E-state index is -3.98. The van der Waals surface area contributed by atoms with E-state index in [0.29, 0.717) is 19.3 Å². The molecule has 1 heterocycles. The van der Waals surface area contributed by atoms with Crippen molar-refractivity contribution in [1.82, 2.24) is 4.31 Å². The summed E-state index contributed by atoms with van der Waals surface area (Å²) in [5, 5.41) is 11.0. The number of carbonyl (C=O) groups excluding carboxylic acids is 1. The van der Waals surface area contributed by atoms with Crippen molar-refractivity contribution in [2.24, 2.45) is 5.92 Å². The molecule has 124 valence electrons. The number of hydrogen-bond donors (Lipinski definition) is 0. The van der Waals surface area contributed by atoms with Crippen LogP contribution in [0, 0.1) is 16.0 Å². The molecule has 0 aliphatic carbocycles. The van der Waals surface area contributed by atoms with Crippen molar-refractivity contribution in [2.75, 3.05) is 13.1 Å². The monoisotopic (exact) mass is 338 g/mol. The summed E-state index contributed by atoms with van der Waals surface area (Å²) in [6.45, 7) is 3.82. The molecule has 0 saturated carbocycles. The van der Waals surface area contributed by atoms with Crippen molar-refractivity contribution >= 4 is 21.5 Å². The van der Waals surface area contributed by atoms with Gasteiger partial charge in [-0.05, 0) is 18.9 Å². The minimum absolute atomic E-state index is 0.00478. The number of nitro groups is 1. The number of ketones is 1. The average molecular weight is 338 g/mol. The van der Waals surface area contributed by atoms with E-state index in [-0.39, 0.29) is 29.7 Å². The number of benzene rings is 1. The lowest BCUT2D eigenvalue weighted by atomic mass is 10.00. The zero-order valence-corrected chi connectivity index (χ0v) is 13.4. The predicted molar refractivity (Wildman–Crippen MR) is 84.4 cm³/mol. The molecule has 1 atom stereocenters. The van der Waals surface area contributed by atoms with Gasteiger partial charge >= 0.3 is 0 Å². The summed E-state index contributed by atoms with van der Waals surface area (Å²) in [6.07, 6.45) is 2.99. The van der Waals surface area contributed by atoms with Gasteiger partial charge in [0, 0.05) is 31.5 Å². The van der Waals surface area contributed by atoms with Crippen LogP contribution in [-0.2, 0) is 14.8 Å². The summed E-state index contributed by atoms with van der Waals surface area (Å²) >= 11 is 0. The molecule has 0 radical (unpaired) electrons. The van der Waals surface area contributed by atoms with Crippen molar-refractivity contribution in [3.8, 4) is 0 Å². The summed E-state index contributed by atoms with van der Waals surface area (Å²) in [5.41, 5.74) is -0.450. The third kappa shape index (κ3) is 3.65. The quantitative estimate of drug-likeness (QED) is 0.431. The van der Waals surface area contributed by atoms with E-state index < -0.39 is 20.6 Å². The molecule has 1 fully saturated rings. The summed E-state index contributed by atoms with van der Waals surface area (Å²) < 4.78 is 26.4. The SMILES string of the molecule is C=CCCC(=O)C1CCN(S(=O)(=O)c2ccccc2[N+](=O)[O-])C1. The Morgan fingerprint density at radius 2 is 2.13 bits per heavy atom. The molecule has 0 aromatic heterocycles. The van der Waals surface area contributed by atoms with Crippen molar-refractivity contribution in [2.45, 2.75) is 24.2 Å². The highest BCUT2D eigenvalue weighted by atomic mass is 32.2. The summed E-state index contributed by atoms with van der Waals surface area (Å²) in [5.74, 6) is -0.349. The standard InChI is InChI=1S/C15H18N2O5S/c1-2-3-7-14(18)12-9-10-16(11-12)23(21,22)15-8-5-4-6-13(15)17(19)20/h2,4-6,8,12H,1,3,7,9-11H2. The van der Waals surface area contributed by atoms with Crippen LogP contribution in [0.25, 0.3) is 0 Å². The van der Waals surface area contributed by atoms with Crippen molar-refractivity contribution in [3.05, 3.63) is 47.0 Å². The van der Waals surface area contributed by atoms with E-state index in [0.717, 1.165) is 10.4 Å². The molecule has 1 saturated heterocycles. The molecular weight excluding hydrogens is 320 g/mol. The predicted octanol–water partition coefficient (Wildman–Crippen LogP) is 2.14. The van der Waals surface area contributed by atoms with Gasteiger partial charge in [-0.15, -0.1) is 6.58 Å². The van der Waals surface area contributed by atoms with Gasteiger partial charge < -0.3 is 0 Å². The first-order valence-electron chi connectivity index (χ1n) is 7.25. The molecule has 0 bridgehead atoms. The van der Waals surface area contributed by atoms with E-state index in [1.807, 2.05) is 0 Å². The van der Waals surface area contributed by atoms with Gasteiger partial charge in [0.1, 0.15) is 5.78 Å². The van der Waals surface area contributed by atoms with Gasteiger partial charge in [-0.2, -0.15) is 4.31 Å². The molecule has 0 N–H and O–H groups in total. The summed E-state index contributed by atoms with van der Waals surface area (Å²) in [7, 11) is -3.98. The van der Waals surface area contributed by atoms with E-state index in [1.165, 1.54) is 18.2 Å². The molecule has 0 amide bonds. The highest BCUT2D eigenvalue weighted by Gasteiger charge is 2.38. The number of carbonyl (C=O) groups is 1. The van der Waals surface area contributed by atoms with E-state index in [1.54, 1.807) is 6.08 Å². The van der Waals surface area contributed by atoms with Crippen LogP contribution < -0.4 is 0 Å². The van der Waals surface area contributed by atoms with Gasteiger partial charge in [0.15, 0.2) is 4.90 Å². The van der Waals surface area contributed by atoms with Crippen molar-refractivity contribution < 1.29 is 18.1 Å². The van der Waals surface area contributed by atoms with E-state index in [2.05, 4.69) is 6.58 Å². The number of sulfonamides is 1. The summed E-state index contributed by atoms with van der Waals surface area (Å²) in [6, 6.07) is 5.25. The van der Waals surface area contributed by atoms with Crippen LogP contribution >= 0.6 is 0 Å². The van der Waals surface area contributed by atoms with Gasteiger partial charge in [-0.3, -0.25) is 14.9 Å². The minimum Gasteiger partial charge on any atom is -0.299 e. The summed E-state index contributed by atoms with van der Waals surface area (Å²) in [4.78, 5) is 22.0. The Kier molecular flexibility index (Phi) is 5.27. The Labute approximate surface area is 134 Å². The largest absolute Gasteiger partial charge is 0.299 e. The Bertz CT molecular complexity index is 729. The second-order valence-corrected chi connectivity index (χ2v) is 7.27. The zero-order valence-electron chi connectivity index (χ0n) is 12.6. The van der Waals surface area contributed by atoms with Crippen molar-refractivity contribution in [3.63, 3.8) is 0 Å². The van der Waals surface area contributed by atoms with Crippen LogP contribution in [-0.4, -0.2) is 36.5 Å². The normalized spacial score (nSPS) is 18.7. The van der Waals surface area contributed by atoms with Crippen LogP contribution in [0.1, 0.15) is 19.3 Å². The van der Waals surface area contributed by atoms with Gasteiger partial charge in [0.2, 0.25) is 10.0 Å². The molecule has 7 nitrogen and oxygen atoms in total. The maximum Gasteiger partial charge on any atom is 0.289 e. The molecule has 23 heavy (non-hydrogen) atoms. The molecular formula is C15H18N2O5S. The number of nitrogens with zero attached hydrogens (tertiary/aromatic N) is 2. The average Bonchev–Trinajstić information content (AvgIpc) is 3.03. The topological polar surface area (TPSA) is 97.6 Å². The van der Waals surface area contributed by atoms with Gasteiger partial charge in [-0.25, -0.2) is 8.42 Å². The molecule has 1 aromatic rings. The Hall–Kier alpha value is -2.06. The first-order chi connectivity index (χ1) is 10.9. The lowest BCUT2D eigenvalue weighted by Crippen LogP contribution is -2.30. The first kappa shape index (κ1) is 17.3. The van der Waals surface area contributed by atoms with E-state index in [4.69, 9.17) is 0 Å². The maximum absolute atomic E-state index is 12.6. The van der Waals surface area contributed by atoms with Gasteiger partial charge in [0.05, 0.1) is 4.92 Å². The van der Waals surface area contributed by atoms with Crippen LogP contribution in [0.3, 0.4) is 0 Å². The third-order valence-corrected chi connectivity index (χ3v) is 5.79. The highest BCUT2D eigenvalue weighted by Crippen LogP contribution is 2.30. The number of Topliss-reactive ketones (excluding diaryl/α,β-unsaturated/α-hetero) is 1. The Morgan fingerprint density at radius 3 is 2.78 bits per heavy atom. The number of para-hydroxylation sites is 1. The molecule has 2 rings (SSSR count). The molecule has 1 aliphatic rings. The van der Waals surface area contributed by atoms with Crippen LogP contribution in [0.5, 0.6) is 0 Å². The molecule has 8 heteroatoms. The van der Waals surface area contributed by atoms with Gasteiger partial charge in [-0.1, -0.05) is 18.2 Å². The number of hydrogen-bond acceptors (Lipinski definition) is 5. The molecule has 1 unspecified atom stereocenters. The van der Waals surface area contributed by atoms with Crippen LogP contribution in [0.4, 0.5) is 5.69 Å². The van der Waals surface area contributed by atoms with E-state index in [9.17, 15) is 23.3 Å². The van der Waals surface area contributed by atoms with Crippen molar-refractivity contribution in [1.29, 1.82) is 0 Å². The fraction of sp³-hybridized carbons (Fsp3) is 0.400. The van der Waals surface area contributed by atoms with Crippen LogP contribution in [0.15, 0.2) is 41.8 Å². The van der Waals surface area contributed by atoms with E-state index >= 15 is 0 Å². The third-order valence-electron chi connectivity index (χ3n) is 3.88. The number of nitro benzene ring substituents is 1. The Balaban J connectivity index is 2.21. The highest BCUT2D eigenvalue weighted by molar-refractivity contribution is 7.89. The second-order valence-electron chi connectivity index (χ2n) is 5.37. The fourth-order valence-electron chi connectivity index (χ4n) is 2.62. The first-order valence-corrected chi connectivity index (χ1v) is 8.69. The van der Waals surface area contributed by atoms with Gasteiger partial charge in [0.25, 0.3) is 5.69 Å². The smallest absolute Gasteiger partial charge is 0.289 e. The second kappa shape index (κ2) is 7.01. The zero-order chi connectivity index (χ0) is 17.0. The molecule has 1 aliphatic heterocycles. The molecule has 0 spiro atoms. The lowest BCUT2D eigenvalue weighted by molar-refractivity contribution is -0.387.